The molecule has 0 saturated carbocycles. The van der Waals surface area contributed by atoms with Gasteiger partial charge in [0.25, 0.3) is 0 Å². The molecule has 49 heavy (non-hydrogen) atoms. The minimum absolute atomic E-state index is 0.0635. The van der Waals surface area contributed by atoms with Crippen molar-refractivity contribution >= 4 is 74.9 Å². The second kappa shape index (κ2) is 9.69. The van der Waals surface area contributed by atoms with E-state index in [2.05, 4.69) is 170 Å². The minimum atomic E-state index is -0.0635. The first-order chi connectivity index (χ1) is 24.1. The van der Waals surface area contributed by atoms with Gasteiger partial charge in [0.1, 0.15) is 0 Å². The van der Waals surface area contributed by atoms with Crippen molar-refractivity contribution in [3.8, 4) is 27.9 Å². The molecule has 11 rings (SSSR count). The fourth-order valence-electron chi connectivity index (χ4n) is 9.08. The zero-order chi connectivity index (χ0) is 32.4. The molecular weight excluding hydrogens is 611 g/mol. The number of para-hydroxylation sites is 1. The molecule has 10 aromatic rings. The molecule has 0 unspecified atom stereocenters. The van der Waals surface area contributed by atoms with Gasteiger partial charge >= 0.3 is 0 Å². The van der Waals surface area contributed by atoms with Crippen LogP contribution in [0.1, 0.15) is 25.0 Å². The van der Waals surface area contributed by atoms with E-state index >= 15 is 0 Å². The highest BCUT2D eigenvalue weighted by atomic mass is 32.1. The molecule has 8 aromatic carbocycles. The maximum Gasteiger partial charge on any atom is 0.0726 e. The molecule has 1 aliphatic carbocycles. The summed E-state index contributed by atoms with van der Waals surface area (Å²) < 4.78 is 5.20. The van der Waals surface area contributed by atoms with Gasteiger partial charge in [-0.3, -0.25) is 0 Å². The van der Waals surface area contributed by atoms with Gasteiger partial charge in [0.2, 0.25) is 0 Å². The molecule has 1 aliphatic rings. The van der Waals surface area contributed by atoms with Crippen LogP contribution in [0.5, 0.6) is 0 Å². The lowest BCUT2D eigenvalue weighted by molar-refractivity contribution is 0.662. The van der Waals surface area contributed by atoms with Crippen LogP contribution >= 0.6 is 11.3 Å². The van der Waals surface area contributed by atoms with Crippen molar-refractivity contribution in [2.24, 2.45) is 0 Å². The third kappa shape index (κ3) is 3.54. The number of rotatable bonds is 2. The molecular formula is C47H31NS. The molecule has 1 nitrogen and oxygen atoms in total. The van der Waals surface area contributed by atoms with Crippen molar-refractivity contribution < 1.29 is 0 Å². The van der Waals surface area contributed by atoms with Crippen molar-refractivity contribution in [2.45, 2.75) is 19.3 Å². The van der Waals surface area contributed by atoms with Crippen LogP contribution in [0.15, 0.2) is 152 Å². The monoisotopic (exact) mass is 641 g/mol. The highest BCUT2D eigenvalue weighted by Gasteiger charge is 2.37. The lowest BCUT2D eigenvalue weighted by Gasteiger charge is -2.24. The molecule has 0 amide bonds. The molecule has 0 radical (unpaired) electrons. The molecule has 2 heteroatoms. The molecule has 230 valence electrons. The normalized spacial score (nSPS) is 13.7. The highest BCUT2D eigenvalue weighted by molar-refractivity contribution is 7.27. The van der Waals surface area contributed by atoms with Crippen LogP contribution in [0.2, 0.25) is 0 Å². The number of benzene rings is 8. The number of nitrogens with zero attached hydrogens (tertiary/aromatic N) is 1. The van der Waals surface area contributed by atoms with Crippen LogP contribution in [0.4, 0.5) is 0 Å². The summed E-state index contributed by atoms with van der Waals surface area (Å²) in [6.07, 6.45) is 0. The Labute approximate surface area is 288 Å². The zero-order valence-electron chi connectivity index (χ0n) is 27.3. The van der Waals surface area contributed by atoms with Crippen molar-refractivity contribution in [1.29, 1.82) is 0 Å². The fraction of sp³-hybridized carbons (Fsp3) is 0.0638. The Hall–Kier alpha value is -5.70. The molecule has 0 atom stereocenters. The highest BCUT2D eigenvalue weighted by Crippen LogP contribution is 2.53. The van der Waals surface area contributed by atoms with Crippen LogP contribution in [0, 0.1) is 0 Å². The first-order valence-corrected chi connectivity index (χ1v) is 17.9. The maximum absolute atomic E-state index is 2.52. The number of thiophene rings is 1. The molecule has 0 fully saturated rings. The summed E-state index contributed by atoms with van der Waals surface area (Å²) in [5.74, 6) is 0. The first kappa shape index (κ1) is 27.3. The molecule has 0 N–H and O–H groups in total. The van der Waals surface area contributed by atoms with Gasteiger partial charge in [-0.1, -0.05) is 141 Å². The molecule has 0 saturated heterocycles. The van der Waals surface area contributed by atoms with E-state index in [9.17, 15) is 0 Å². The van der Waals surface area contributed by atoms with Crippen LogP contribution in [0.25, 0.3) is 91.5 Å². The average Bonchev–Trinajstić information content (AvgIpc) is 3.78. The summed E-state index contributed by atoms with van der Waals surface area (Å²) in [6, 6.07) is 56.5. The van der Waals surface area contributed by atoms with Gasteiger partial charge in [0.15, 0.2) is 0 Å². The molecule has 2 heterocycles. The van der Waals surface area contributed by atoms with E-state index in [0.29, 0.717) is 0 Å². The lowest BCUT2D eigenvalue weighted by atomic mass is 9.79. The van der Waals surface area contributed by atoms with Gasteiger partial charge in [-0.05, 0) is 79.2 Å². The summed E-state index contributed by atoms with van der Waals surface area (Å²) >= 11 is 1.93. The van der Waals surface area contributed by atoms with E-state index in [1.165, 1.54) is 103 Å². The summed E-state index contributed by atoms with van der Waals surface area (Å²) in [7, 11) is 0. The van der Waals surface area contributed by atoms with Crippen LogP contribution in [0.3, 0.4) is 0 Å². The lowest BCUT2D eigenvalue weighted by Crippen LogP contribution is -2.16. The third-order valence-electron chi connectivity index (χ3n) is 11.2. The van der Waals surface area contributed by atoms with Gasteiger partial charge in [0, 0.05) is 37.3 Å². The topological polar surface area (TPSA) is 4.93 Å². The predicted molar refractivity (Wildman–Crippen MR) is 212 cm³/mol. The number of aromatic nitrogens is 1. The Balaban J connectivity index is 1.21. The number of hydrogen-bond donors (Lipinski definition) is 0. The van der Waals surface area contributed by atoms with Crippen molar-refractivity contribution in [3.63, 3.8) is 0 Å². The molecule has 2 aromatic heterocycles. The molecule has 0 aliphatic heterocycles. The molecule has 0 spiro atoms. The summed E-state index contributed by atoms with van der Waals surface area (Å²) in [4.78, 5) is 0. The summed E-state index contributed by atoms with van der Waals surface area (Å²) in [5.41, 5.74) is 11.8. The minimum Gasteiger partial charge on any atom is -0.308 e. The average molecular weight is 642 g/mol. The zero-order valence-corrected chi connectivity index (χ0v) is 28.1. The third-order valence-corrected chi connectivity index (χ3v) is 12.3. The van der Waals surface area contributed by atoms with E-state index < -0.39 is 0 Å². The summed E-state index contributed by atoms with van der Waals surface area (Å²) in [6.45, 7) is 4.74. The second-order valence-electron chi connectivity index (χ2n) is 14.0. The van der Waals surface area contributed by atoms with E-state index in [0.717, 1.165) is 0 Å². The Morgan fingerprint density at radius 3 is 2.06 bits per heavy atom. The van der Waals surface area contributed by atoms with Crippen LogP contribution < -0.4 is 0 Å². The van der Waals surface area contributed by atoms with Gasteiger partial charge < -0.3 is 4.57 Å². The van der Waals surface area contributed by atoms with E-state index in [1.807, 2.05) is 11.3 Å². The van der Waals surface area contributed by atoms with Crippen LogP contribution in [-0.4, -0.2) is 4.57 Å². The Bertz CT molecular complexity index is 3010. The maximum atomic E-state index is 2.52. The van der Waals surface area contributed by atoms with Crippen molar-refractivity contribution in [2.75, 3.05) is 0 Å². The summed E-state index contributed by atoms with van der Waals surface area (Å²) in [5, 5.41) is 10.6. The quantitative estimate of drug-likeness (QED) is 0.166. The molecule has 0 bridgehead atoms. The predicted octanol–water partition coefficient (Wildman–Crippen LogP) is 13.4. The Kier molecular flexibility index (Phi) is 5.39. The van der Waals surface area contributed by atoms with E-state index in [1.54, 1.807) is 0 Å². The van der Waals surface area contributed by atoms with E-state index in [4.69, 9.17) is 0 Å². The van der Waals surface area contributed by atoms with Gasteiger partial charge in [-0.2, -0.15) is 0 Å². The van der Waals surface area contributed by atoms with E-state index in [-0.39, 0.29) is 5.41 Å². The standard InChI is InChI=1S/C47H31NS/c1-47(2)38-19-8-5-14-33(38)34-18-11-17-32(44(34)47)29-22-25-30(26-23-29)48-39-20-9-6-15-35(39)42-37-27-24-28-12-3-4-13-31(28)41(37)43-36-16-7-10-21-40(36)49-46(43)45(42)48/h3-27H,1-2H3. The SMILES string of the molecule is CC1(C)c2ccccc2-c2cccc(-c3ccc(-n4c5ccccc5c5c6ccc7ccccc7c6c6c7ccccc7sc6c54)cc3)c21. The largest absolute Gasteiger partial charge is 0.308 e. The van der Waals surface area contributed by atoms with Gasteiger partial charge in [-0.25, -0.2) is 0 Å². The second-order valence-corrected chi connectivity index (χ2v) is 15.1. The first-order valence-electron chi connectivity index (χ1n) is 17.1. The van der Waals surface area contributed by atoms with Gasteiger partial charge in [-0.15, -0.1) is 11.3 Å². The van der Waals surface area contributed by atoms with Crippen molar-refractivity contribution in [1.82, 2.24) is 4.57 Å². The fourth-order valence-corrected chi connectivity index (χ4v) is 10.3. The number of fused-ring (bicyclic) bond motifs is 15. The Morgan fingerprint density at radius 1 is 0.490 bits per heavy atom. The number of hydrogen-bond acceptors (Lipinski definition) is 1. The van der Waals surface area contributed by atoms with Crippen molar-refractivity contribution in [3.05, 3.63) is 163 Å². The Morgan fingerprint density at radius 2 is 1.18 bits per heavy atom. The smallest absolute Gasteiger partial charge is 0.0726 e. The van der Waals surface area contributed by atoms with Crippen LogP contribution in [-0.2, 0) is 5.41 Å². The van der Waals surface area contributed by atoms with Gasteiger partial charge in [0.05, 0.1) is 15.7 Å².